The van der Waals surface area contributed by atoms with Crippen molar-refractivity contribution in [2.45, 2.75) is 50.4 Å². The first-order chi connectivity index (χ1) is 12.2. The molecule has 1 aliphatic heterocycles. The van der Waals surface area contributed by atoms with Crippen molar-refractivity contribution in [1.82, 2.24) is 9.78 Å². The molecule has 5 aliphatic rings. The van der Waals surface area contributed by atoms with Crippen LogP contribution in [0.25, 0.3) is 5.69 Å². The first-order valence-corrected chi connectivity index (χ1v) is 9.83. The highest BCUT2D eigenvalue weighted by Crippen LogP contribution is 2.61. The molecular formula is C21H24FN3. The topological polar surface area (TPSA) is 29.9 Å². The van der Waals surface area contributed by atoms with Gasteiger partial charge in [-0.3, -0.25) is 0 Å². The van der Waals surface area contributed by atoms with Gasteiger partial charge in [0.2, 0.25) is 0 Å². The Bertz CT molecular complexity index is 818. The van der Waals surface area contributed by atoms with Crippen LogP contribution in [-0.4, -0.2) is 16.3 Å². The minimum Gasteiger partial charge on any atom is -0.369 e. The average molecular weight is 337 g/mol. The zero-order chi connectivity index (χ0) is 16.6. The van der Waals surface area contributed by atoms with Crippen molar-refractivity contribution in [3.05, 3.63) is 41.3 Å². The van der Waals surface area contributed by atoms with E-state index in [2.05, 4.69) is 5.32 Å². The molecule has 1 aromatic heterocycles. The van der Waals surface area contributed by atoms with Crippen LogP contribution in [0, 0.1) is 23.6 Å². The van der Waals surface area contributed by atoms with Gasteiger partial charge in [0.1, 0.15) is 17.3 Å². The molecule has 4 bridgehead atoms. The summed E-state index contributed by atoms with van der Waals surface area (Å²) in [5.41, 5.74) is 3.51. The summed E-state index contributed by atoms with van der Waals surface area (Å²) in [6.45, 7) is 0.945. The molecule has 0 saturated heterocycles. The molecule has 1 aromatic carbocycles. The third-order valence-corrected chi connectivity index (χ3v) is 7.27. The second-order valence-corrected chi connectivity index (χ2v) is 8.91. The van der Waals surface area contributed by atoms with Gasteiger partial charge in [0, 0.05) is 17.5 Å². The van der Waals surface area contributed by atoms with E-state index in [-0.39, 0.29) is 11.2 Å². The lowest BCUT2D eigenvalue weighted by Crippen LogP contribution is -2.49. The molecule has 0 radical (unpaired) electrons. The van der Waals surface area contributed by atoms with Crippen LogP contribution in [0.1, 0.15) is 49.8 Å². The van der Waals surface area contributed by atoms with Crippen molar-refractivity contribution in [1.29, 1.82) is 0 Å². The highest BCUT2D eigenvalue weighted by Gasteiger charge is 2.54. The van der Waals surface area contributed by atoms with Crippen LogP contribution in [0.15, 0.2) is 24.3 Å². The summed E-state index contributed by atoms with van der Waals surface area (Å²) in [5, 5.41) is 8.55. The largest absolute Gasteiger partial charge is 0.369 e. The van der Waals surface area contributed by atoms with Crippen molar-refractivity contribution in [2.75, 3.05) is 11.9 Å². The van der Waals surface area contributed by atoms with E-state index in [4.69, 9.17) is 5.10 Å². The van der Waals surface area contributed by atoms with Gasteiger partial charge in [-0.25, -0.2) is 9.07 Å². The summed E-state index contributed by atoms with van der Waals surface area (Å²) < 4.78 is 16.3. The van der Waals surface area contributed by atoms with Gasteiger partial charge >= 0.3 is 0 Å². The molecule has 7 rings (SSSR count). The standard InChI is InChI=1S/C21H24FN3/c22-17-3-1-2-4-18(17)25-20-16(5-6-23-20)19(24-25)21-10-13-7-14(11-21)9-15(8-13)12-21/h1-4,13-15,23H,5-12H2. The zero-order valence-corrected chi connectivity index (χ0v) is 14.5. The van der Waals surface area contributed by atoms with Gasteiger partial charge < -0.3 is 5.32 Å². The Morgan fingerprint density at radius 1 is 1.04 bits per heavy atom. The molecule has 0 unspecified atom stereocenters. The van der Waals surface area contributed by atoms with Crippen LogP contribution in [-0.2, 0) is 11.8 Å². The minimum absolute atomic E-state index is 0.196. The fourth-order valence-corrected chi connectivity index (χ4v) is 6.80. The number of benzene rings is 1. The van der Waals surface area contributed by atoms with E-state index in [9.17, 15) is 4.39 Å². The second-order valence-electron chi connectivity index (χ2n) is 8.91. The van der Waals surface area contributed by atoms with Crippen LogP contribution in [0.4, 0.5) is 10.2 Å². The number of nitrogens with zero attached hydrogens (tertiary/aromatic N) is 2. The molecule has 2 aromatic rings. The van der Waals surface area contributed by atoms with Crippen LogP contribution < -0.4 is 5.32 Å². The highest BCUT2D eigenvalue weighted by molar-refractivity contribution is 5.59. The lowest BCUT2D eigenvalue weighted by molar-refractivity contribution is -0.00770. The van der Waals surface area contributed by atoms with Gasteiger partial charge in [-0.2, -0.15) is 5.10 Å². The second kappa shape index (κ2) is 4.87. The van der Waals surface area contributed by atoms with Crippen LogP contribution >= 0.6 is 0 Å². The van der Waals surface area contributed by atoms with Crippen LogP contribution in [0.3, 0.4) is 0 Å². The van der Waals surface area contributed by atoms with Gasteiger partial charge in [0.25, 0.3) is 0 Å². The Kier molecular flexibility index (Phi) is 2.79. The predicted octanol–water partition coefficient (Wildman–Crippen LogP) is 4.45. The van der Waals surface area contributed by atoms with E-state index in [0.29, 0.717) is 5.69 Å². The number of nitrogens with one attached hydrogen (secondary N) is 1. The number of halogens is 1. The maximum atomic E-state index is 14.4. The van der Waals surface area contributed by atoms with Gasteiger partial charge in [-0.05, 0) is 74.8 Å². The summed E-state index contributed by atoms with van der Waals surface area (Å²) in [6.07, 6.45) is 9.26. The van der Waals surface area contributed by atoms with E-state index in [0.717, 1.165) is 36.5 Å². The molecule has 25 heavy (non-hydrogen) atoms. The number of fused-ring (bicyclic) bond motifs is 1. The zero-order valence-electron chi connectivity index (χ0n) is 14.5. The Labute approximate surface area is 147 Å². The normalized spacial score (nSPS) is 35.0. The number of para-hydroxylation sites is 1. The van der Waals surface area contributed by atoms with Crippen molar-refractivity contribution < 1.29 is 4.39 Å². The number of hydrogen-bond donors (Lipinski definition) is 1. The fourth-order valence-electron chi connectivity index (χ4n) is 6.80. The summed E-state index contributed by atoms with van der Waals surface area (Å²) in [4.78, 5) is 0. The summed E-state index contributed by atoms with van der Waals surface area (Å²) in [7, 11) is 0. The van der Waals surface area contributed by atoms with Gasteiger partial charge in [0.05, 0.1) is 5.69 Å². The lowest BCUT2D eigenvalue weighted by Gasteiger charge is -2.56. The lowest BCUT2D eigenvalue weighted by atomic mass is 9.48. The molecule has 4 saturated carbocycles. The molecule has 130 valence electrons. The molecule has 3 nitrogen and oxygen atoms in total. The van der Waals surface area contributed by atoms with Gasteiger partial charge in [0.15, 0.2) is 0 Å². The molecule has 0 spiro atoms. The molecule has 0 atom stereocenters. The molecule has 4 heteroatoms. The van der Waals surface area contributed by atoms with Crippen molar-refractivity contribution in [3.8, 4) is 5.69 Å². The maximum Gasteiger partial charge on any atom is 0.148 e. The Morgan fingerprint density at radius 3 is 2.40 bits per heavy atom. The maximum absolute atomic E-state index is 14.4. The molecule has 1 N–H and O–H groups in total. The summed E-state index contributed by atoms with van der Waals surface area (Å²) >= 11 is 0. The monoisotopic (exact) mass is 337 g/mol. The Hall–Kier alpha value is -1.84. The van der Waals surface area contributed by atoms with E-state index in [1.54, 1.807) is 6.07 Å². The number of hydrogen-bond acceptors (Lipinski definition) is 2. The average Bonchev–Trinajstić information content (AvgIpc) is 3.16. The molecule has 4 aliphatic carbocycles. The van der Waals surface area contributed by atoms with Gasteiger partial charge in [-0.15, -0.1) is 0 Å². The number of aromatic nitrogens is 2. The Balaban J connectivity index is 1.52. The van der Waals surface area contributed by atoms with Crippen molar-refractivity contribution in [2.24, 2.45) is 17.8 Å². The van der Waals surface area contributed by atoms with Crippen LogP contribution in [0.2, 0.25) is 0 Å². The molecule has 0 amide bonds. The SMILES string of the molecule is Fc1ccccc1-n1nc(C23CC4CC(CC(C4)C2)C3)c2c1NCC2. The third-order valence-electron chi connectivity index (χ3n) is 7.27. The fraction of sp³-hybridized carbons (Fsp3) is 0.571. The first kappa shape index (κ1) is 14.3. The molecule has 4 fully saturated rings. The van der Waals surface area contributed by atoms with Crippen molar-refractivity contribution >= 4 is 5.82 Å². The van der Waals surface area contributed by atoms with E-state index in [1.165, 1.54) is 55.8 Å². The smallest absolute Gasteiger partial charge is 0.148 e. The Morgan fingerprint density at radius 2 is 1.72 bits per heavy atom. The predicted molar refractivity (Wildman–Crippen MR) is 95.6 cm³/mol. The van der Waals surface area contributed by atoms with E-state index in [1.807, 2.05) is 16.8 Å². The summed E-state index contributed by atoms with van der Waals surface area (Å²) in [6, 6.07) is 7.01. The number of anilines is 1. The van der Waals surface area contributed by atoms with E-state index >= 15 is 0 Å². The van der Waals surface area contributed by atoms with Crippen molar-refractivity contribution in [3.63, 3.8) is 0 Å². The van der Waals surface area contributed by atoms with Gasteiger partial charge in [-0.1, -0.05) is 12.1 Å². The minimum atomic E-state index is -0.196. The first-order valence-electron chi connectivity index (χ1n) is 9.83. The summed E-state index contributed by atoms with van der Waals surface area (Å²) in [5.74, 6) is 3.54. The van der Waals surface area contributed by atoms with E-state index < -0.39 is 0 Å². The third kappa shape index (κ3) is 1.94. The molecular weight excluding hydrogens is 313 g/mol. The van der Waals surface area contributed by atoms with Crippen LogP contribution in [0.5, 0.6) is 0 Å². The number of rotatable bonds is 2. The quantitative estimate of drug-likeness (QED) is 0.877. The highest BCUT2D eigenvalue weighted by atomic mass is 19.1. The molecule has 2 heterocycles.